The summed E-state index contributed by atoms with van der Waals surface area (Å²) in [5, 5.41) is 9.65. The maximum Gasteiger partial charge on any atom is 0.241 e. The zero-order chi connectivity index (χ0) is 13.3. The highest BCUT2D eigenvalue weighted by Crippen LogP contribution is 2.38. The van der Waals surface area contributed by atoms with Crippen molar-refractivity contribution in [2.75, 3.05) is 32.1 Å². The van der Waals surface area contributed by atoms with Crippen molar-refractivity contribution in [2.45, 2.75) is 18.9 Å². The van der Waals surface area contributed by atoms with Crippen molar-refractivity contribution in [3.63, 3.8) is 0 Å². The number of hydrogen-bond donors (Lipinski definition) is 1. The third-order valence-electron chi connectivity index (χ3n) is 3.64. The van der Waals surface area contributed by atoms with Crippen LogP contribution in [0.25, 0.3) is 0 Å². The fourth-order valence-electron chi connectivity index (χ4n) is 2.41. The lowest BCUT2D eigenvalue weighted by atomic mass is 9.98. The van der Waals surface area contributed by atoms with E-state index in [1.807, 2.05) is 30.0 Å². The molecule has 0 saturated carbocycles. The molecule has 4 heteroatoms. The Bertz CT molecular complexity index is 459. The summed E-state index contributed by atoms with van der Waals surface area (Å²) in [5.41, 5.74) is 1.87. The highest BCUT2D eigenvalue weighted by Gasteiger charge is 2.40. The van der Waals surface area contributed by atoms with Gasteiger partial charge in [-0.05, 0) is 25.0 Å². The standard InChI is InChI=1S/C14H20N2O2/c1-14(10-17)8-11-6-4-5-7-12(11)16(14)9-13(18)15(2)3/h4-7,17H,8-10H2,1-3H3/t14-/m0/s1. The number of nitrogens with zero attached hydrogens (tertiary/aromatic N) is 2. The van der Waals surface area contributed by atoms with E-state index < -0.39 is 0 Å². The van der Waals surface area contributed by atoms with E-state index in [4.69, 9.17) is 0 Å². The zero-order valence-corrected chi connectivity index (χ0v) is 11.2. The molecule has 0 radical (unpaired) electrons. The number of likely N-dealkylation sites (N-methyl/N-ethyl adjacent to an activating group) is 1. The molecular formula is C14H20N2O2. The van der Waals surface area contributed by atoms with Gasteiger partial charge in [-0.25, -0.2) is 0 Å². The van der Waals surface area contributed by atoms with Crippen LogP contribution in [0, 0.1) is 0 Å². The third-order valence-corrected chi connectivity index (χ3v) is 3.64. The molecule has 0 unspecified atom stereocenters. The Morgan fingerprint density at radius 2 is 2.11 bits per heavy atom. The molecule has 1 heterocycles. The molecule has 1 N–H and O–H groups in total. The lowest BCUT2D eigenvalue weighted by Gasteiger charge is -2.36. The molecule has 4 nitrogen and oxygen atoms in total. The van der Waals surface area contributed by atoms with Gasteiger partial charge in [0.2, 0.25) is 5.91 Å². The Morgan fingerprint density at radius 3 is 2.72 bits per heavy atom. The first kappa shape index (κ1) is 12.9. The van der Waals surface area contributed by atoms with Crippen molar-refractivity contribution in [3.05, 3.63) is 29.8 Å². The molecule has 2 rings (SSSR count). The van der Waals surface area contributed by atoms with Crippen molar-refractivity contribution in [3.8, 4) is 0 Å². The molecule has 0 spiro atoms. The number of anilines is 1. The number of aliphatic hydroxyl groups is 1. The molecule has 0 fully saturated rings. The SMILES string of the molecule is CN(C)C(=O)CN1c2ccccc2C[C@@]1(C)CO. The van der Waals surface area contributed by atoms with Crippen molar-refractivity contribution in [1.29, 1.82) is 0 Å². The summed E-state index contributed by atoms with van der Waals surface area (Å²) in [4.78, 5) is 15.5. The molecule has 0 aliphatic carbocycles. The van der Waals surface area contributed by atoms with Crippen molar-refractivity contribution >= 4 is 11.6 Å². The molecule has 1 aliphatic rings. The van der Waals surface area contributed by atoms with E-state index in [1.165, 1.54) is 5.56 Å². The molecule has 18 heavy (non-hydrogen) atoms. The Morgan fingerprint density at radius 1 is 1.44 bits per heavy atom. The second kappa shape index (κ2) is 4.61. The Balaban J connectivity index is 2.32. The molecule has 98 valence electrons. The number of fused-ring (bicyclic) bond motifs is 1. The second-order valence-electron chi connectivity index (χ2n) is 5.33. The number of benzene rings is 1. The zero-order valence-electron chi connectivity index (χ0n) is 11.2. The number of hydrogen-bond acceptors (Lipinski definition) is 3. The van der Waals surface area contributed by atoms with E-state index >= 15 is 0 Å². The van der Waals surface area contributed by atoms with Crippen LogP contribution >= 0.6 is 0 Å². The van der Waals surface area contributed by atoms with Crippen LogP contribution < -0.4 is 4.90 Å². The number of rotatable bonds is 3. The van der Waals surface area contributed by atoms with Gasteiger partial charge < -0.3 is 14.9 Å². The monoisotopic (exact) mass is 248 g/mol. The van der Waals surface area contributed by atoms with Gasteiger partial charge in [0.25, 0.3) is 0 Å². The van der Waals surface area contributed by atoms with Gasteiger partial charge >= 0.3 is 0 Å². The number of carbonyl (C=O) groups is 1. The number of aliphatic hydroxyl groups excluding tert-OH is 1. The van der Waals surface area contributed by atoms with Crippen molar-refractivity contribution in [2.24, 2.45) is 0 Å². The van der Waals surface area contributed by atoms with E-state index in [2.05, 4.69) is 6.07 Å². The predicted molar refractivity (Wildman–Crippen MR) is 71.7 cm³/mol. The van der Waals surface area contributed by atoms with Crippen LogP contribution in [0.2, 0.25) is 0 Å². The molecule has 0 bridgehead atoms. The van der Waals surface area contributed by atoms with E-state index in [9.17, 15) is 9.90 Å². The van der Waals surface area contributed by atoms with Gasteiger partial charge in [0.15, 0.2) is 0 Å². The fourth-order valence-corrected chi connectivity index (χ4v) is 2.41. The van der Waals surface area contributed by atoms with Crippen LogP contribution in [0.5, 0.6) is 0 Å². The molecule has 1 atom stereocenters. The molecule has 1 aromatic carbocycles. The average Bonchev–Trinajstić information content (AvgIpc) is 2.63. The first-order valence-corrected chi connectivity index (χ1v) is 6.14. The smallest absolute Gasteiger partial charge is 0.241 e. The van der Waals surface area contributed by atoms with Crippen molar-refractivity contribution in [1.82, 2.24) is 4.90 Å². The summed E-state index contributed by atoms with van der Waals surface area (Å²) in [6.45, 7) is 2.35. The van der Waals surface area contributed by atoms with Gasteiger partial charge in [-0.15, -0.1) is 0 Å². The Labute approximate surface area is 108 Å². The van der Waals surface area contributed by atoms with Gasteiger partial charge in [-0.2, -0.15) is 0 Å². The summed E-state index contributed by atoms with van der Waals surface area (Å²) >= 11 is 0. The molecule has 1 aromatic rings. The third kappa shape index (κ3) is 2.08. The molecule has 0 aromatic heterocycles. The van der Waals surface area contributed by atoms with E-state index in [1.54, 1.807) is 19.0 Å². The lowest BCUT2D eigenvalue weighted by Crippen LogP contribution is -2.51. The van der Waals surface area contributed by atoms with Gasteiger partial charge in [-0.3, -0.25) is 4.79 Å². The maximum absolute atomic E-state index is 11.9. The van der Waals surface area contributed by atoms with E-state index in [-0.39, 0.29) is 18.1 Å². The number of para-hydroxylation sites is 1. The van der Waals surface area contributed by atoms with E-state index in [0.29, 0.717) is 6.54 Å². The normalized spacial score (nSPS) is 21.9. The summed E-state index contributed by atoms with van der Waals surface area (Å²) in [5.74, 6) is 0.0476. The summed E-state index contributed by atoms with van der Waals surface area (Å²) in [6.07, 6.45) is 0.778. The Hall–Kier alpha value is -1.55. The predicted octanol–water partition coefficient (Wildman–Crippen LogP) is 0.888. The minimum Gasteiger partial charge on any atom is -0.394 e. The first-order valence-electron chi connectivity index (χ1n) is 6.14. The average molecular weight is 248 g/mol. The highest BCUT2D eigenvalue weighted by molar-refractivity contribution is 5.82. The largest absolute Gasteiger partial charge is 0.394 e. The minimum atomic E-state index is -0.380. The molecule has 1 aliphatic heterocycles. The fraction of sp³-hybridized carbons (Fsp3) is 0.500. The van der Waals surface area contributed by atoms with Crippen LogP contribution in [0.4, 0.5) is 5.69 Å². The summed E-state index contributed by atoms with van der Waals surface area (Å²) < 4.78 is 0. The van der Waals surface area contributed by atoms with Crippen molar-refractivity contribution < 1.29 is 9.90 Å². The van der Waals surface area contributed by atoms with Crippen LogP contribution in [0.3, 0.4) is 0 Å². The number of amides is 1. The lowest BCUT2D eigenvalue weighted by molar-refractivity contribution is -0.127. The van der Waals surface area contributed by atoms with Crippen LogP contribution in [0.15, 0.2) is 24.3 Å². The topological polar surface area (TPSA) is 43.8 Å². The number of carbonyl (C=O) groups excluding carboxylic acids is 1. The Kier molecular flexibility index (Phi) is 3.30. The molecule has 1 amide bonds. The second-order valence-corrected chi connectivity index (χ2v) is 5.33. The van der Waals surface area contributed by atoms with E-state index in [0.717, 1.165) is 12.1 Å². The summed E-state index contributed by atoms with van der Waals surface area (Å²) in [6, 6.07) is 8.03. The first-order chi connectivity index (χ1) is 8.48. The van der Waals surface area contributed by atoms with Crippen LogP contribution in [-0.4, -0.2) is 48.7 Å². The highest BCUT2D eigenvalue weighted by atomic mass is 16.3. The maximum atomic E-state index is 11.9. The van der Waals surface area contributed by atoms with Gasteiger partial charge in [0.1, 0.15) is 0 Å². The van der Waals surface area contributed by atoms with Gasteiger partial charge in [-0.1, -0.05) is 18.2 Å². The quantitative estimate of drug-likeness (QED) is 0.864. The molecule has 0 saturated heterocycles. The minimum absolute atomic E-state index is 0.0440. The molecular weight excluding hydrogens is 228 g/mol. The van der Waals surface area contributed by atoms with Gasteiger partial charge in [0, 0.05) is 19.8 Å². The van der Waals surface area contributed by atoms with Gasteiger partial charge in [0.05, 0.1) is 18.7 Å². The summed E-state index contributed by atoms with van der Waals surface area (Å²) in [7, 11) is 3.50. The van der Waals surface area contributed by atoms with Crippen LogP contribution in [-0.2, 0) is 11.2 Å². The van der Waals surface area contributed by atoms with Crippen LogP contribution in [0.1, 0.15) is 12.5 Å².